The molecular formula is C33H52F3N3NaO4-. The van der Waals surface area contributed by atoms with Crippen molar-refractivity contribution in [3.05, 3.63) is 64.8 Å². The van der Waals surface area contributed by atoms with E-state index < -0.39 is 18.1 Å². The van der Waals surface area contributed by atoms with Crippen LogP contribution in [0.1, 0.15) is 83.1 Å². The fourth-order valence-corrected chi connectivity index (χ4v) is 5.60. The second kappa shape index (κ2) is 21.8. The molecule has 2 aromatic rings. The van der Waals surface area contributed by atoms with Crippen LogP contribution >= 0.6 is 0 Å². The first-order valence-corrected chi connectivity index (χ1v) is 14.8. The Labute approximate surface area is 284 Å². The molecule has 2 atom stereocenters. The fraction of sp³-hybridized carbons (Fsp3) is 0.606. The predicted molar refractivity (Wildman–Crippen MR) is 167 cm³/mol. The molecule has 0 aromatic heterocycles. The third-order valence-electron chi connectivity index (χ3n) is 7.50. The largest absolute Gasteiger partial charge is 1.00 e. The topological polar surface area (TPSA) is 114 Å². The van der Waals surface area contributed by atoms with Gasteiger partial charge in [0, 0.05) is 18.6 Å². The molecule has 0 aliphatic heterocycles. The van der Waals surface area contributed by atoms with Gasteiger partial charge in [-0.05, 0) is 118 Å². The smallest absolute Gasteiger partial charge is 0.870 e. The third kappa shape index (κ3) is 12.9. The van der Waals surface area contributed by atoms with E-state index in [1.807, 2.05) is 32.0 Å². The summed E-state index contributed by atoms with van der Waals surface area (Å²) in [5.41, 5.74) is 5.07. The Bertz CT molecular complexity index is 1100. The number of amides is 1. The number of nitrogens with one attached hydrogen (secondary N) is 1. The van der Waals surface area contributed by atoms with Crippen molar-refractivity contribution in [3.8, 4) is 11.5 Å². The molecule has 0 spiro atoms. The maximum Gasteiger partial charge on any atom is 1.00 e. The van der Waals surface area contributed by atoms with Gasteiger partial charge in [0.05, 0.1) is 13.2 Å². The number of nitrogens with zero attached hydrogens (tertiary/aromatic N) is 1. The molecule has 4 rings (SSSR count). The standard InChI is InChI=1S/C17H22F3NO2.C15H23NO.CH4.H2N.Na.H2O/c1-3-9-21(16(22)17(18,19)20)14-7-5-12-6-8-15(23-4-2)11-13(12)10-14;1-3-9-16-14-7-5-12-6-8-15(17-4-2)11-13(12)10-14;;;;/h6,8,11,14H,3-5,7,9-10H2,1-2H3;6,8,11,14,16H,3-5,7,9-10H2,1-2H3;1H4;1H2;;1H2/q;;;-1;+1;/p-1. The molecule has 0 saturated carbocycles. The molecule has 0 saturated heterocycles. The Morgan fingerprint density at radius 2 is 1.39 bits per heavy atom. The van der Waals surface area contributed by atoms with Crippen LogP contribution in [0.4, 0.5) is 13.2 Å². The Morgan fingerprint density at radius 1 is 0.864 bits per heavy atom. The Morgan fingerprint density at radius 3 is 1.86 bits per heavy atom. The summed E-state index contributed by atoms with van der Waals surface area (Å²) in [5, 5.41) is 3.62. The zero-order valence-corrected chi connectivity index (χ0v) is 28.4. The number of ether oxygens (including phenoxy) is 2. The molecule has 2 aromatic carbocycles. The monoisotopic (exact) mass is 634 g/mol. The minimum atomic E-state index is -4.82. The quantitative estimate of drug-likeness (QED) is 0.375. The van der Waals surface area contributed by atoms with Gasteiger partial charge in [-0.15, -0.1) is 0 Å². The zero-order valence-electron chi connectivity index (χ0n) is 26.4. The predicted octanol–water partition coefficient (Wildman–Crippen LogP) is 4.87. The van der Waals surface area contributed by atoms with Crippen LogP contribution in [-0.2, 0) is 30.5 Å². The summed E-state index contributed by atoms with van der Waals surface area (Å²) in [4.78, 5) is 12.7. The molecule has 0 radical (unpaired) electrons. The molecule has 4 N–H and O–H groups in total. The average Bonchev–Trinajstić information content (AvgIpc) is 2.94. The van der Waals surface area contributed by atoms with Crippen molar-refractivity contribution in [1.82, 2.24) is 10.2 Å². The SMILES string of the molecule is C.CCCN(C(=O)C(F)(F)F)C1CCc2ccc(OCC)cc2C1.CCCNC1CCc2ccc(OCC)cc2C1.[NH2-].[Na+].[OH-]. The van der Waals surface area contributed by atoms with Gasteiger partial charge in [0.25, 0.3) is 0 Å². The molecule has 0 fully saturated rings. The minimum absolute atomic E-state index is 0. The molecule has 44 heavy (non-hydrogen) atoms. The molecule has 11 heteroatoms. The van der Waals surface area contributed by atoms with Crippen LogP contribution < -0.4 is 44.3 Å². The first-order chi connectivity index (χ1) is 19.2. The van der Waals surface area contributed by atoms with Gasteiger partial charge >= 0.3 is 41.6 Å². The van der Waals surface area contributed by atoms with Crippen LogP contribution in [0.2, 0.25) is 0 Å². The summed E-state index contributed by atoms with van der Waals surface area (Å²) < 4.78 is 49.5. The van der Waals surface area contributed by atoms with Crippen LogP contribution in [0.5, 0.6) is 11.5 Å². The number of nitrogens with two attached hydrogens (primary N) is 1. The number of aryl methyl sites for hydroxylation is 2. The van der Waals surface area contributed by atoms with Gasteiger partial charge in [-0.1, -0.05) is 33.4 Å². The fourth-order valence-electron chi connectivity index (χ4n) is 5.60. The van der Waals surface area contributed by atoms with Crippen molar-refractivity contribution in [3.63, 3.8) is 0 Å². The average molecular weight is 635 g/mol. The van der Waals surface area contributed by atoms with Gasteiger partial charge in [-0.2, -0.15) is 13.2 Å². The van der Waals surface area contributed by atoms with Crippen molar-refractivity contribution < 1.29 is 62.5 Å². The zero-order chi connectivity index (χ0) is 29.1. The van der Waals surface area contributed by atoms with Crippen LogP contribution in [0.15, 0.2) is 36.4 Å². The summed E-state index contributed by atoms with van der Waals surface area (Å²) in [6, 6.07) is 12.5. The van der Waals surface area contributed by atoms with Gasteiger partial charge in [0.2, 0.25) is 0 Å². The normalized spacial score (nSPS) is 16.4. The van der Waals surface area contributed by atoms with Crippen molar-refractivity contribution >= 4 is 5.91 Å². The van der Waals surface area contributed by atoms with Gasteiger partial charge in [-0.25, -0.2) is 0 Å². The van der Waals surface area contributed by atoms with Crippen LogP contribution in [0.3, 0.4) is 0 Å². The molecule has 1 amide bonds. The maximum atomic E-state index is 12.8. The van der Waals surface area contributed by atoms with E-state index in [4.69, 9.17) is 9.47 Å². The van der Waals surface area contributed by atoms with E-state index in [0.29, 0.717) is 38.3 Å². The number of hydrogen-bond acceptors (Lipinski definition) is 5. The summed E-state index contributed by atoms with van der Waals surface area (Å²) in [7, 11) is 0. The number of fused-ring (bicyclic) bond motifs is 2. The van der Waals surface area contributed by atoms with E-state index >= 15 is 0 Å². The third-order valence-corrected chi connectivity index (χ3v) is 7.50. The molecule has 246 valence electrons. The molecule has 2 aliphatic rings. The van der Waals surface area contributed by atoms with Gasteiger partial charge in [-0.3, -0.25) is 4.79 Å². The maximum absolute atomic E-state index is 12.8. The summed E-state index contributed by atoms with van der Waals surface area (Å²) in [6.07, 6.45) is 2.19. The number of benzene rings is 2. The van der Waals surface area contributed by atoms with Crippen molar-refractivity contribution in [2.45, 2.75) is 105 Å². The summed E-state index contributed by atoms with van der Waals surface area (Å²) in [6.45, 7) is 10.5. The first-order valence-electron chi connectivity index (χ1n) is 14.8. The Kier molecular flexibility index (Phi) is 22.0. The summed E-state index contributed by atoms with van der Waals surface area (Å²) in [5.74, 6) is 0.00671. The number of carbonyl (C=O) groups is 1. The Balaban J connectivity index is 0. The van der Waals surface area contributed by atoms with E-state index in [9.17, 15) is 18.0 Å². The van der Waals surface area contributed by atoms with Crippen LogP contribution in [-0.4, -0.2) is 60.8 Å². The van der Waals surface area contributed by atoms with E-state index in [-0.39, 0.29) is 55.2 Å². The minimum Gasteiger partial charge on any atom is -0.870 e. The van der Waals surface area contributed by atoms with E-state index in [1.165, 1.54) is 30.4 Å². The first kappa shape index (κ1) is 44.3. The second-order valence-corrected chi connectivity index (χ2v) is 10.5. The van der Waals surface area contributed by atoms with Gasteiger partial charge in [0.1, 0.15) is 11.5 Å². The number of carbonyl (C=O) groups excluding carboxylic acids is 1. The molecule has 0 heterocycles. The molecular weight excluding hydrogens is 582 g/mol. The number of halogens is 3. The van der Waals surface area contributed by atoms with Crippen LogP contribution in [0.25, 0.3) is 6.15 Å². The van der Waals surface area contributed by atoms with E-state index in [1.54, 1.807) is 6.92 Å². The van der Waals surface area contributed by atoms with Crippen molar-refractivity contribution in [2.75, 3.05) is 26.3 Å². The molecule has 2 aliphatic carbocycles. The van der Waals surface area contributed by atoms with Gasteiger partial charge < -0.3 is 31.3 Å². The second-order valence-electron chi connectivity index (χ2n) is 10.5. The van der Waals surface area contributed by atoms with E-state index in [0.717, 1.165) is 47.1 Å². The molecule has 7 nitrogen and oxygen atoms in total. The molecule has 2 unspecified atom stereocenters. The summed E-state index contributed by atoms with van der Waals surface area (Å²) >= 11 is 0. The van der Waals surface area contributed by atoms with Crippen molar-refractivity contribution in [2.24, 2.45) is 0 Å². The van der Waals surface area contributed by atoms with Crippen LogP contribution in [0, 0.1) is 0 Å². The Hall–Kier alpha value is -1.82. The number of hydrogen-bond donors (Lipinski definition) is 1. The van der Waals surface area contributed by atoms with Gasteiger partial charge in [0.15, 0.2) is 0 Å². The molecule has 0 bridgehead atoms. The van der Waals surface area contributed by atoms with E-state index in [2.05, 4.69) is 30.4 Å². The number of rotatable bonds is 10. The van der Waals surface area contributed by atoms with Crippen molar-refractivity contribution in [1.29, 1.82) is 0 Å². The number of alkyl halides is 3.